The van der Waals surface area contributed by atoms with Gasteiger partial charge in [-0.3, -0.25) is 4.98 Å². The number of hydrogen-bond donors (Lipinski definition) is 1. The average molecular weight is 269 g/mol. The first-order chi connectivity index (χ1) is 9.65. The maximum atomic E-state index is 13.0. The molecule has 0 amide bonds. The maximum Gasteiger partial charge on any atom is 0.123 e. The van der Waals surface area contributed by atoms with Gasteiger partial charge in [0.25, 0.3) is 0 Å². The third-order valence-corrected chi connectivity index (χ3v) is 3.57. The van der Waals surface area contributed by atoms with E-state index in [-0.39, 0.29) is 17.7 Å². The quantitative estimate of drug-likeness (QED) is 0.928. The summed E-state index contributed by atoms with van der Waals surface area (Å²) in [6, 6.07) is 10.3. The van der Waals surface area contributed by atoms with Gasteiger partial charge in [0.2, 0.25) is 0 Å². The zero-order valence-electron chi connectivity index (χ0n) is 11.3. The number of nitriles is 1. The largest absolute Gasteiger partial charge is 0.330 e. The number of nitrogens with zero attached hydrogens (tertiary/aromatic N) is 2. The minimum atomic E-state index is -0.251. The van der Waals surface area contributed by atoms with Gasteiger partial charge in [0.15, 0.2) is 0 Å². The Balaban J connectivity index is 2.31. The summed E-state index contributed by atoms with van der Waals surface area (Å²) in [7, 11) is 0. The molecule has 0 aliphatic heterocycles. The van der Waals surface area contributed by atoms with Crippen LogP contribution in [0.15, 0.2) is 42.7 Å². The molecule has 0 fully saturated rings. The van der Waals surface area contributed by atoms with Crippen LogP contribution in [0.25, 0.3) is 0 Å². The summed E-state index contributed by atoms with van der Waals surface area (Å²) in [5.74, 6) is -0.0870. The lowest BCUT2D eigenvalue weighted by Gasteiger charge is -2.23. The first-order valence-electron chi connectivity index (χ1n) is 6.46. The first kappa shape index (κ1) is 14.2. The summed E-state index contributed by atoms with van der Waals surface area (Å²) in [6.07, 6.45) is 3.26. The molecule has 4 heteroatoms. The van der Waals surface area contributed by atoms with E-state index in [4.69, 9.17) is 11.0 Å². The van der Waals surface area contributed by atoms with Crippen LogP contribution < -0.4 is 5.73 Å². The number of rotatable bonds is 4. The summed E-state index contributed by atoms with van der Waals surface area (Å²) in [6.45, 7) is 2.49. The number of pyridine rings is 1. The van der Waals surface area contributed by atoms with Crippen molar-refractivity contribution < 1.29 is 4.39 Å². The highest BCUT2D eigenvalue weighted by Crippen LogP contribution is 2.31. The smallest absolute Gasteiger partial charge is 0.123 e. The molecule has 0 saturated carbocycles. The molecule has 0 aliphatic rings. The lowest BCUT2D eigenvalue weighted by Crippen LogP contribution is -2.19. The van der Waals surface area contributed by atoms with Gasteiger partial charge in [-0.1, -0.05) is 19.1 Å². The minimum absolute atomic E-state index is 0.0428. The van der Waals surface area contributed by atoms with Crippen LogP contribution in [0.1, 0.15) is 35.4 Å². The average Bonchev–Trinajstić information content (AvgIpc) is 2.49. The minimum Gasteiger partial charge on any atom is -0.330 e. The van der Waals surface area contributed by atoms with E-state index in [9.17, 15) is 4.39 Å². The molecule has 1 aromatic heterocycles. The fraction of sp³-hybridized carbons (Fsp3) is 0.250. The van der Waals surface area contributed by atoms with Gasteiger partial charge in [0.05, 0.1) is 5.56 Å². The van der Waals surface area contributed by atoms with Crippen LogP contribution in [-0.2, 0) is 0 Å². The van der Waals surface area contributed by atoms with Crippen LogP contribution in [0.5, 0.6) is 0 Å². The van der Waals surface area contributed by atoms with Gasteiger partial charge >= 0.3 is 0 Å². The summed E-state index contributed by atoms with van der Waals surface area (Å²) >= 11 is 0. The monoisotopic (exact) mass is 269 g/mol. The lowest BCUT2D eigenvalue weighted by atomic mass is 9.83. The topological polar surface area (TPSA) is 62.7 Å². The summed E-state index contributed by atoms with van der Waals surface area (Å²) in [4.78, 5) is 4.08. The van der Waals surface area contributed by atoms with Gasteiger partial charge in [-0.2, -0.15) is 5.26 Å². The molecule has 0 saturated heterocycles. The summed E-state index contributed by atoms with van der Waals surface area (Å²) < 4.78 is 13.0. The van der Waals surface area contributed by atoms with E-state index in [1.807, 2.05) is 13.0 Å². The fourth-order valence-corrected chi connectivity index (χ4v) is 2.35. The van der Waals surface area contributed by atoms with E-state index in [2.05, 4.69) is 11.1 Å². The van der Waals surface area contributed by atoms with Crippen molar-refractivity contribution in [2.45, 2.75) is 18.8 Å². The van der Waals surface area contributed by atoms with Crippen molar-refractivity contribution in [1.29, 1.82) is 5.26 Å². The van der Waals surface area contributed by atoms with Gasteiger partial charge in [-0.15, -0.1) is 0 Å². The van der Waals surface area contributed by atoms with Gasteiger partial charge < -0.3 is 5.73 Å². The summed E-state index contributed by atoms with van der Waals surface area (Å²) in [5, 5.41) is 8.94. The second-order valence-corrected chi connectivity index (χ2v) is 4.80. The number of nitrogens with two attached hydrogens (primary N) is 1. The second-order valence-electron chi connectivity index (χ2n) is 4.80. The van der Waals surface area contributed by atoms with Crippen LogP contribution in [-0.4, -0.2) is 11.5 Å². The molecule has 0 bridgehead atoms. The highest BCUT2D eigenvalue weighted by Gasteiger charge is 2.20. The molecule has 0 radical (unpaired) electrons. The highest BCUT2D eigenvalue weighted by atomic mass is 19.1. The van der Waals surface area contributed by atoms with E-state index in [0.29, 0.717) is 12.1 Å². The Labute approximate surface area is 117 Å². The Hall–Kier alpha value is -2.25. The van der Waals surface area contributed by atoms with Gasteiger partial charge in [-0.05, 0) is 41.8 Å². The molecule has 0 aliphatic carbocycles. The van der Waals surface area contributed by atoms with Crippen LogP contribution in [0.2, 0.25) is 0 Å². The Kier molecular flexibility index (Phi) is 4.44. The molecule has 2 rings (SSSR count). The normalized spacial score (nSPS) is 13.5. The number of aromatic nitrogens is 1. The molecule has 102 valence electrons. The van der Waals surface area contributed by atoms with Crippen molar-refractivity contribution in [2.24, 2.45) is 5.73 Å². The molecule has 1 aromatic carbocycles. The number of benzene rings is 1. The highest BCUT2D eigenvalue weighted by molar-refractivity contribution is 5.33. The van der Waals surface area contributed by atoms with Crippen molar-refractivity contribution >= 4 is 0 Å². The van der Waals surface area contributed by atoms with E-state index >= 15 is 0 Å². The predicted molar refractivity (Wildman–Crippen MR) is 75.6 cm³/mol. The van der Waals surface area contributed by atoms with Gasteiger partial charge in [0, 0.05) is 18.3 Å². The Morgan fingerprint density at radius 1 is 1.25 bits per heavy atom. The SMILES string of the molecule is CC(c1ccc(F)cc1)C(CN)c1cncc(C#N)c1. The standard InChI is InChI=1S/C16H16FN3/c1-11(13-2-4-15(17)5-3-13)16(8-19)14-6-12(7-18)9-20-10-14/h2-6,9-11,16H,8,19H2,1H3. The molecular formula is C16H16FN3. The third-order valence-electron chi connectivity index (χ3n) is 3.57. The second kappa shape index (κ2) is 6.27. The molecule has 20 heavy (non-hydrogen) atoms. The molecule has 2 N–H and O–H groups in total. The zero-order valence-corrected chi connectivity index (χ0v) is 11.3. The molecule has 2 aromatic rings. The van der Waals surface area contributed by atoms with Crippen molar-refractivity contribution in [3.05, 3.63) is 65.2 Å². The lowest BCUT2D eigenvalue weighted by molar-refractivity contribution is 0.578. The number of hydrogen-bond acceptors (Lipinski definition) is 3. The molecule has 3 nitrogen and oxygen atoms in total. The van der Waals surface area contributed by atoms with Crippen LogP contribution in [0.3, 0.4) is 0 Å². The Morgan fingerprint density at radius 3 is 2.55 bits per heavy atom. The number of halogens is 1. The van der Waals surface area contributed by atoms with E-state index in [0.717, 1.165) is 11.1 Å². The first-order valence-corrected chi connectivity index (χ1v) is 6.46. The summed E-state index contributed by atoms with van der Waals surface area (Å²) in [5.41, 5.74) is 8.35. The molecule has 1 heterocycles. The van der Waals surface area contributed by atoms with Gasteiger partial charge in [-0.25, -0.2) is 4.39 Å². The maximum absolute atomic E-state index is 13.0. The van der Waals surface area contributed by atoms with Crippen molar-refractivity contribution in [3.8, 4) is 6.07 Å². The molecule has 2 unspecified atom stereocenters. The predicted octanol–water partition coefficient (Wildman–Crippen LogP) is 2.94. The third kappa shape index (κ3) is 3.01. The molecule has 2 atom stereocenters. The van der Waals surface area contributed by atoms with Crippen LogP contribution >= 0.6 is 0 Å². The van der Waals surface area contributed by atoms with Crippen molar-refractivity contribution in [3.63, 3.8) is 0 Å². The van der Waals surface area contributed by atoms with Crippen molar-refractivity contribution in [1.82, 2.24) is 4.98 Å². The fourth-order valence-electron chi connectivity index (χ4n) is 2.35. The Morgan fingerprint density at radius 2 is 1.95 bits per heavy atom. The van der Waals surface area contributed by atoms with Crippen molar-refractivity contribution in [2.75, 3.05) is 6.54 Å². The molecule has 0 spiro atoms. The van der Waals surface area contributed by atoms with Crippen LogP contribution in [0.4, 0.5) is 4.39 Å². The van der Waals surface area contributed by atoms with Gasteiger partial charge in [0.1, 0.15) is 11.9 Å². The van der Waals surface area contributed by atoms with Crippen LogP contribution in [0, 0.1) is 17.1 Å². The van der Waals surface area contributed by atoms with E-state index < -0.39 is 0 Å². The molecular weight excluding hydrogens is 253 g/mol. The van der Waals surface area contributed by atoms with E-state index in [1.54, 1.807) is 18.3 Å². The zero-order chi connectivity index (χ0) is 14.5. The Bertz CT molecular complexity index is 616. The van der Waals surface area contributed by atoms with E-state index in [1.165, 1.54) is 18.3 Å².